The lowest BCUT2D eigenvalue weighted by Gasteiger charge is -2.40. The number of hydrogen-bond acceptors (Lipinski definition) is 5. The van der Waals surface area contributed by atoms with Crippen molar-refractivity contribution < 1.29 is 23.4 Å². The average Bonchev–Trinajstić information content (AvgIpc) is 2.78. The summed E-state index contributed by atoms with van der Waals surface area (Å²) in [5.41, 5.74) is 0. The van der Waals surface area contributed by atoms with Crippen LogP contribution in [0.5, 0.6) is 0 Å². The Hall–Kier alpha value is 0.0369. The second-order valence-corrected chi connectivity index (χ2v) is 17.8. The Morgan fingerprint density at radius 3 is 1.97 bits per heavy atom. The van der Waals surface area contributed by atoms with Gasteiger partial charge in [-0.3, -0.25) is 4.79 Å². The smallest absolute Gasteiger partial charge is 0.308 e. The summed E-state index contributed by atoms with van der Waals surface area (Å²) in [6.45, 7) is 24.0. The van der Waals surface area contributed by atoms with Crippen molar-refractivity contribution in [1.29, 1.82) is 0 Å². The maximum Gasteiger partial charge on any atom is 0.308 e. The molecule has 0 aromatic carbocycles. The molecular weight excluding hydrogens is 583 g/mol. The molecule has 0 saturated carbocycles. The standard InChI is InChI=1S/C29H57IO5Si/c1-14-24(35-36(12,13)29(7,8)9)19-26(32-10)21(4)15-16-25(34-28(31)20(2)3)23(6)27(33-11)22(5)17-18-30/h17-18,20-27H,14-16,19H2,1-13H3. The van der Waals surface area contributed by atoms with Gasteiger partial charge in [-0.1, -0.05) is 91.0 Å². The fourth-order valence-corrected chi connectivity index (χ4v) is 6.49. The van der Waals surface area contributed by atoms with E-state index in [1.54, 1.807) is 14.2 Å². The van der Waals surface area contributed by atoms with Gasteiger partial charge in [-0.25, -0.2) is 0 Å². The molecule has 0 rings (SSSR count). The molecule has 0 aliphatic rings. The SMILES string of the molecule is CCC(CC(OC)C(C)CCC(OC(=O)C(C)C)C(C)C(OC)C(C)C=CI)O[Si](C)(C)C(C)(C)C. The van der Waals surface area contributed by atoms with Crippen LogP contribution < -0.4 is 0 Å². The van der Waals surface area contributed by atoms with Crippen molar-refractivity contribution in [1.82, 2.24) is 0 Å². The van der Waals surface area contributed by atoms with E-state index < -0.39 is 8.32 Å². The van der Waals surface area contributed by atoms with Crippen molar-refractivity contribution in [2.75, 3.05) is 14.2 Å². The van der Waals surface area contributed by atoms with Gasteiger partial charge in [0.2, 0.25) is 0 Å². The highest BCUT2D eigenvalue weighted by atomic mass is 127. The molecule has 7 heteroatoms. The molecule has 0 saturated heterocycles. The van der Waals surface area contributed by atoms with Crippen LogP contribution in [0.1, 0.15) is 88.0 Å². The van der Waals surface area contributed by atoms with E-state index in [1.807, 2.05) is 17.9 Å². The molecule has 0 heterocycles. The van der Waals surface area contributed by atoms with Crippen molar-refractivity contribution in [2.24, 2.45) is 23.7 Å². The number of carbonyl (C=O) groups is 1. The van der Waals surface area contributed by atoms with Gasteiger partial charge in [-0.05, 0) is 53.8 Å². The van der Waals surface area contributed by atoms with Crippen molar-refractivity contribution in [2.45, 2.75) is 131 Å². The molecule has 0 bridgehead atoms. The van der Waals surface area contributed by atoms with Crippen molar-refractivity contribution in [3.8, 4) is 0 Å². The monoisotopic (exact) mass is 640 g/mol. The van der Waals surface area contributed by atoms with E-state index in [2.05, 4.69) is 90.2 Å². The molecular formula is C29H57IO5Si. The third-order valence-electron chi connectivity index (χ3n) is 8.07. The zero-order valence-electron chi connectivity index (χ0n) is 25.5. The quantitative estimate of drug-likeness (QED) is 0.0908. The van der Waals surface area contributed by atoms with Gasteiger partial charge < -0.3 is 18.6 Å². The number of methoxy groups -OCH3 is 2. The van der Waals surface area contributed by atoms with Crippen LogP contribution in [-0.2, 0) is 23.4 Å². The summed E-state index contributed by atoms with van der Waals surface area (Å²) in [5.74, 6) is 0.299. The van der Waals surface area contributed by atoms with Gasteiger partial charge in [0.1, 0.15) is 6.10 Å². The van der Waals surface area contributed by atoms with E-state index in [1.165, 1.54) is 0 Å². The van der Waals surface area contributed by atoms with Crippen molar-refractivity contribution in [3.05, 3.63) is 10.2 Å². The third-order valence-corrected chi connectivity index (χ3v) is 13.0. The predicted octanol–water partition coefficient (Wildman–Crippen LogP) is 8.41. The van der Waals surface area contributed by atoms with E-state index in [0.29, 0.717) is 5.92 Å². The molecule has 214 valence electrons. The highest BCUT2D eigenvalue weighted by Crippen LogP contribution is 2.38. The van der Waals surface area contributed by atoms with Crippen LogP contribution in [0.25, 0.3) is 0 Å². The largest absolute Gasteiger partial charge is 0.462 e. The van der Waals surface area contributed by atoms with Gasteiger partial charge in [-0.15, -0.1) is 0 Å². The summed E-state index contributed by atoms with van der Waals surface area (Å²) in [7, 11) is 1.70. The molecule has 36 heavy (non-hydrogen) atoms. The lowest BCUT2D eigenvalue weighted by Crippen LogP contribution is -2.45. The van der Waals surface area contributed by atoms with E-state index in [0.717, 1.165) is 25.7 Å². The first kappa shape index (κ1) is 36.0. The number of esters is 1. The average molecular weight is 641 g/mol. The van der Waals surface area contributed by atoms with Gasteiger partial charge in [-0.2, -0.15) is 0 Å². The first-order valence-corrected chi connectivity index (χ1v) is 17.9. The Bertz CT molecular complexity index is 646. The lowest BCUT2D eigenvalue weighted by molar-refractivity contribution is -0.159. The van der Waals surface area contributed by atoms with Gasteiger partial charge >= 0.3 is 5.97 Å². The molecule has 0 aromatic heterocycles. The zero-order valence-corrected chi connectivity index (χ0v) is 28.7. The Labute approximate surface area is 238 Å². The van der Waals surface area contributed by atoms with Crippen LogP contribution in [0.15, 0.2) is 10.2 Å². The summed E-state index contributed by atoms with van der Waals surface area (Å²) < 4.78 is 26.7. The van der Waals surface area contributed by atoms with Crippen LogP contribution >= 0.6 is 22.6 Å². The van der Waals surface area contributed by atoms with E-state index in [4.69, 9.17) is 18.6 Å². The van der Waals surface area contributed by atoms with Gasteiger partial charge in [0, 0.05) is 32.2 Å². The van der Waals surface area contributed by atoms with Crippen LogP contribution in [-0.4, -0.2) is 52.9 Å². The van der Waals surface area contributed by atoms with E-state index in [9.17, 15) is 4.79 Å². The minimum Gasteiger partial charge on any atom is -0.462 e. The van der Waals surface area contributed by atoms with E-state index >= 15 is 0 Å². The molecule has 7 atom stereocenters. The van der Waals surface area contributed by atoms with Crippen molar-refractivity contribution in [3.63, 3.8) is 0 Å². The molecule has 0 aromatic rings. The van der Waals surface area contributed by atoms with Crippen LogP contribution in [0.4, 0.5) is 0 Å². The molecule has 0 N–H and O–H groups in total. The number of hydrogen-bond donors (Lipinski definition) is 0. The Morgan fingerprint density at radius 2 is 1.56 bits per heavy atom. The summed E-state index contributed by atoms with van der Waals surface area (Å²) in [5, 5.41) is 0.180. The maximum atomic E-state index is 12.6. The number of halogens is 1. The molecule has 0 amide bonds. The van der Waals surface area contributed by atoms with Crippen LogP contribution in [0.2, 0.25) is 18.1 Å². The number of rotatable bonds is 17. The van der Waals surface area contributed by atoms with Gasteiger partial charge in [0.15, 0.2) is 8.32 Å². The fourth-order valence-electron chi connectivity index (χ4n) is 4.38. The number of carbonyl (C=O) groups excluding carboxylic acids is 1. The first-order chi connectivity index (χ1) is 16.6. The highest BCUT2D eigenvalue weighted by molar-refractivity contribution is 14.1. The Balaban J connectivity index is 5.51. The Morgan fingerprint density at radius 1 is 0.972 bits per heavy atom. The lowest BCUT2D eigenvalue weighted by atomic mass is 9.84. The molecule has 0 fully saturated rings. The second kappa shape index (κ2) is 16.9. The first-order valence-electron chi connectivity index (χ1n) is 13.8. The number of ether oxygens (including phenoxy) is 3. The summed E-state index contributed by atoms with van der Waals surface area (Å²) in [4.78, 5) is 12.6. The minimum absolute atomic E-state index is 0.0306. The zero-order chi connectivity index (χ0) is 28.3. The predicted molar refractivity (Wildman–Crippen MR) is 163 cm³/mol. The normalized spacial score (nSPS) is 19.1. The van der Waals surface area contributed by atoms with Crippen molar-refractivity contribution >= 4 is 36.9 Å². The molecule has 0 spiro atoms. The summed E-state index contributed by atoms with van der Waals surface area (Å²) in [6, 6.07) is 0. The molecule has 0 radical (unpaired) electrons. The summed E-state index contributed by atoms with van der Waals surface area (Å²) >= 11 is 2.24. The van der Waals surface area contributed by atoms with Gasteiger partial charge in [0.25, 0.3) is 0 Å². The van der Waals surface area contributed by atoms with Crippen LogP contribution in [0, 0.1) is 23.7 Å². The van der Waals surface area contributed by atoms with E-state index in [-0.39, 0.29) is 53.2 Å². The minimum atomic E-state index is -1.85. The second-order valence-electron chi connectivity index (χ2n) is 12.3. The highest BCUT2D eigenvalue weighted by Gasteiger charge is 2.39. The topological polar surface area (TPSA) is 54.0 Å². The molecule has 0 aliphatic heterocycles. The Kier molecular flexibility index (Phi) is 16.9. The fraction of sp³-hybridized carbons (Fsp3) is 0.897. The molecule has 7 unspecified atom stereocenters. The maximum absolute atomic E-state index is 12.6. The third kappa shape index (κ3) is 11.8. The van der Waals surface area contributed by atoms with Gasteiger partial charge in [0.05, 0.1) is 18.1 Å². The molecule has 0 aliphatic carbocycles. The van der Waals surface area contributed by atoms with Crippen LogP contribution in [0.3, 0.4) is 0 Å². The summed E-state index contributed by atoms with van der Waals surface area (Å²) in [6.07, 6.45) is 5.72. The molecule has 5 nitrogen and oxygen atoms in total.